The summed E-state index contributed by atoms with van der Waals surface area (Å²) >= 11 is 1.61. The molecule has 1 atom stereocenters. The van der Waals surface area contributed by atoms with Gasteiger partial charge < -0.3 is 14.6 Å². The van der Waals surface area contributed by atoms with E-state index >= 15 is 0 Å². The first kappa shape index (κ1) is 18.6. The van der Waals surface area contributed by atoms with Gasteiger partial charge in [0.2, 0.25) is 5.91 Å². The highest BCUT2D eigenvalue weighted by atomic mass is 32.1. The fraction of sp³-hybridized carbons (Fsp3) is 0.400. The Kier molecular flexibility index (Phi) is 5.13. The Balaban J connectivity index is 1.36. The molecule has 8 heteroatoms. The lowest BCUT2D eigenvalue weighted by Crippen LogP contribution is -2.41. The average molecular weight is 398 g/mol. The second-order valence-corrected chi connectivity index (χ2v) is 8.41. The molecule has 1 N–H and O–H groups in total. The van der Waals surface area contributed by atoms with Gasteiger partial charge in [0, 0.05) is 32.1 Å². The zero-order valence-corrected chi connectivity index (χ0v) is 16.7. The summed E-state index contributed by atoms with van der Waals surface area (Å²) in [5.74, 6) is 0.453. The molecule has 1 aliphatic rings. The molecule has 0 spiro atoms. The van der Waals surface area contributed by atoms with Gasteiger partial charge >= 0.3 is 0 Å². The number of hydrogen-bond donors (Lipinski definition) is 1. The van der Waals surface area contributed by atoms with Crippen LogP contribution in [0.1, 0.15) is 40.6 Å². The Hall–Kier alpha value is -2.74. The van der Waals surface area contributed by atoms with Crippen molar-refractivity contribution in [2.45, 2.75) is 33.1 Å². The maximum absolute atomic E-state index is 12.6. The van der Waals surface area contributed by atoms with E-state index in [0.717, 1.165) is 33.8 Å². The summed E-state index contributed by atoms with van der Waals surface area (Å²) in [6.07, 6.45) is 3.60. The van der Waals surface area contributed by atoms with Crippen molar-refractivity contribution in [1.29, 1.82) is 0 Å². The first-order valence-corrected chi connectivity index (χ1v) is 10.2. The van der Waals surface area contributed by atoms with Gasteiger partial charge in [-0.05, 0) is 43.9 Å². The number of hydrogen-bond acceptors (Lipinski definition) is 6. The van der Waals surface area contributed by atoms with Gasteiger partial charge in [0.15, 0.2) is 11.6 Å². The lowest BCUT2D eigenvalue weighted by molar-refractivity contribution is -0.117. The summed E-state index contributed by atoms with van der Waals surface area (Å²) in [4.78, 5) is 35.4. The number of oxazole rings is 1. The normalized spacial score (nSPS) is 17.1. The van der Waals surface area contributed by atoms with E-state index in [-0.39, 0.29) is 17.7 Å². The minimum Gasteiger partial charge on any atom is -0.448 e. The summed E-state index contributed by atoms with van der Waals surface area (Å²) in [7, 11) is 0. The molecule has 0 aliphatic carbocycles. The third-order valence-corrected chi connectivity index (χ3v) is 5.83. The second kappa shape index (κ2) is 7.71. The number of aromatic nitrogens is 2. The topological polar surface area (TPSA) is 88.3 Å². The zero-order valence-electron chi connectivity index (χ0n) is 15.9. The highest BCUT2D eigenvalue weighted by molar-refractivity contribution is 7.18. The van der Waals surface area contributed by atoms with E-state index in [1.54, 1.807) is 23.2 Å². The molecular formula is C20H22N4O3S. The van der Waals surface area contributed by atoms with Gasteiger partial charge in [0.25, 0.3) is 5.91 Å². The number of aryl methyl sites for hydroxylation is 2. The molecule has 2 aromatic heterocycles. The van der Waals surface area contributed by atoms with Crippen LogP contribution in [0.5, 0.6) is 0 Å². The van der Waals surface area contributed by atoms with E-state index in [1.807, 2.05) is 25.1 Å². The highest BCUT2D eigenvalue weighted by Gasteiger charge is 2.27. The standard InChI is InChI=1S/C20H22N4O3S/c1-12-21-17(11-27-12)20(26)24-7-3-4-14(10-24)8-19(25)23-15-5-6-16-18(9-15)28-13(2)22-16/h5-6,9,11,14H,3-4,7-8,10H2,1-2H3,(H,23,25)/t14-/m0/s1. The third-order valence-electron chi connectivity index (χ3n) is 4.90. The quantitative estimate of drug-likeness (QED) is 0.722. The Labute approximate surface area is 166 Å². The van der Waals surface area contributed by atoms with Crippen molar-refractivity contribution in [3.8, 4) is 0 Å². The van der Waals surface area contributed by atoms with E-state index in [9.17, 15) is 9.59 Å². The first-order valence-electron chi connectivity index (χ1n) is 9.36. The number of benzene rings is 1. The van der Waals surface area contributed by atoms with Gasteiger partial charge in [-0.15, -0.1) is 11.3 Å². The summed E-state index contributed by atoms with van der Waals surface area (Å²) in [6, 6.07) is 5.76. The van der Waals surface area contributed by atoms with E-state index in [4.69, 9.17) is 4.42 Å². The van der Waals surface area contributed by atoms with Crippen molar-refractivity contribution in [2.75, 3.05) is 18.4 Å². The smallest absolute Gasteiger partial charge is 0.275 e. The predicted octanol–water partition coefficient (Wildman–Crippen LogP) is 3.78. The van der Waals surface area contributed by atoms with Crippen molar-refractivity contribution in [3.63, 3.8) is 0 Å². The fourth-order valence-corrected chi connectivity index (χ4v) is 4.50. The van der Waals surface area contributed by atoms with Crippen LogP contribution in [0.25, 0.3) is 10.2 Å². The zero-order chi connectivity index (χ0) is 19.7. The number of piperidine rings is 1. The van der Waals surface area contributed by atoms with Crippen LogP contribution in [0.3, 0.4) is 0 Å². The van der Waals surface area contributed by atoms with Crippen LogP contribution in [0.4, 0.5) is 5.69 Å². The minimum absolute atomic E-state index is 0.0304. The number of fused-ring (bicyclic) bond motifs is 1. The van der Waals surface area contributed by atoms with Crippen LogP contribution < -0.4 is 5.32 Å². The summed E-state index contributed by atoms with van der Waals surface area (Å²) in [5, 5.41) is 3.99. The van der Waals surface area contributed by atoms with Gasteiger partial charge in [-0.25, -0.2) is 9.97 Å². The number of amides is 2. The van der Waals surface area contributed by atoms with Crippen LogP contribution in [-0.2, 0) is 4.79 Å². The van der Waals surface area contributed by atoms with Gasteiger partial charge in [0.1, 0.15) is 6.26 Å². The van der Waals surface area contributed by atoms with Crippen LogP contribution >= 0.6 is 11.3 Å². The second-order valence-electron chi connectivity index (χ2n) is 7.18. The monoisotopic (exact) mass is 398 g/mol. The Morgan fingerprint density at radius 1 is 1.32 bits per heavy atom. The lowest BCUT2D eigenvalue weighted by Gasteiger charge is -2.32. The number of thiazole rings is 1. The molecule has 4 rings (SSSR count). The van der Waals surface area contributed by atoms with E-state index < -0.39 is 0 Å². The van der Waals surface area contributed by atoms with Gasteiger partial charge in [-0.2, -0.15) is 0 Å². The molecule has 0 bridgehead atoms. The predicted molar refractivity (Wildman–Crippen MR) is 107 cm³/mol. The molecule has 146 valence electrons. The van der Waals surface area contributed by atoms with Gasteiger partial charge in [-0.1, -0.05) is 0 Å². The molecule has 0 unspecified atom stereocenters. The van der Waals surface area contributed by atoms with Gasteiger partial charge in [0.05, 0.1) is 15.2 Å². The summed E-state index contributed by atoms with van der Waals surface area (Å²) in [5.41, 5.74) is 2.06. The molecule has 28 heavy (non-hydrogen) atoms. The number of anilines is 1. The minimum atomic E-state index is -0.132. The Bertz CT molecular complexity index is 1030. The molecule has 0 saturated carbocycles. The largest absolute Gasteiger partial charge is 0.448 e. The molecule has 3 aromatic rings. The van der Waals surface area contributed by atoms with Crippen molar-refractivity contribution < 1.29 is 14.0 Å². The van der Waals surface area contributed by atoms with E-state index in [0.29, 0.717) is 31.1 Å². The van der Waals surface area contributed by atoms with E-state index in [1.165, 1.54) is 6.26 Å². The van der Waals surface area contributed by atoms with Crippen LogP contribution in [0.15, 0.2) is 28.9 Å². The van der Waals surface area contributed by atoms with Crippen LogP contribution in [-0.4, -0.2) is 39.8 Å². The van der Waals surface area contributed by atoms with Crippen molar-refractivity contribution >= 4 is 39.1 Å². The van der Waals surface area contributed by atoms with Gasteiger partial charge in [-0.3, -0.25) is 9.59 Å². The molecule has 3 heterocycles. The number of likely N-dealkylation sites (tertiary alicyclic amines) is 1. The molecule has 7 nitrogen and oxygen atoms in total. The molecular weight excluding hydrogens is 376 g/mol. The van der Waals surface area contributed by atoms with Crippen molar-refractivity contribution in [2.24, 2.45) is 5.92 Å². The molecule has 2 amide bonds. The Morgan fingerprint density at radius 3 is 2.96 bits per heavy atom. The maximum Gasteiger partial charge on any atom is 0.275 e. The first-order chi connectivity index (χ1) is 13.5. The number of rotatable bonds is 4. The fourth-order valence-electron chi connectivity index (χ4n) is 3.63. The van der Waals surface area contributed by atoms with E-state index in [2.05, 4.69) is 15.3 Å². The molecule has 0 radical (unpaired) electrons. The summed E-state index contributed by atoms with van der Waals surface area (Å²) < 4.78 is 6.20. The van der Waals surface area contributed by atoms with Crippen molar-refractivity contribution in [1.82, 2.24) is 14.9 Å². The third kappa shape index (κ3) is 4.06. The molecule has 1 aliphatic heterocycles. The number of nitrogens with one attached hydrogen (secondary N) is 1. The summed E-state index contributed by atoms with van der Waals surface area (Å²) in [6.45, 7) is 4.93. The molecule has 1 saturated heterocycles. The average Bonchev–Trinajstić information content (AvgIpc) is 3.25. The highest BCUT2D eigenvalue weighted by Crippen LogP contribution is 2.26. The molecule has 1 aromatic carbocycles. The van der Waals surface area contributed by atoms with Crippen LogP contribution in [0, 0.1) is 19.8 Å². The Morgan fingerprint density at radius 2 is 2.18 bits per heavy atom. The SMILES string of the molecule is Cc1nc(C(=O)N2CCC[C@@H](CC(=O)Nc3ccc4nc(C)sc4c3)C2)co1. The molecule has 1 fully saturated rings. The van der Waals surface area contributed by atoms with Crippen LogP contribution in [0.2, 0.25) is 0 Å². The maximum atomic E-state index is 12.6. The number of carbonyl (C=O) groups excluding carboxylic acids is 2. The lowest BCUT2D eigenvalue weighted by atomic mass is 9.94. The van der Waals surface area contributed by atoms with Crippen molar-refractivity contribution in [3.05, 3.63) is 41.1 Å². The number of nitrogens with zero attached hydrogens (tertiary/aromatic N) is 3. The number of carbonyl (C=O) groups is 2.